The van der Waals surface area contributed by atoms with Crippen LogP contribution in [-0.2, 0) is 7.05 Å². The predicted octanol–water partition coefficient (Wildman–Crippen LogP) is 2.62. The number of hydrogen-bond acceptors (Lipinski definition) is 2. The van der Waals surface area contributed by atoms with Gasteiger partial charge in [0.2, 0.25) is 0 Å². The minimum atomic E-state index is 0.649. The van der Waals surface area contributed by atoms with Crippen molar-refractivity contribution in [2.75, 3.05) is 0 Å². The zero-order chi connectivity index (χ0) is 11.1. The van der Waals surface area contributed by atoms with Crippen molar-refractivity contribution in [3.8, 4) is 11.5 Å². The zero-order valence-corrected chi connectivity index (χ0v) is 9.36. The van der Waals surface area contributed by atoms with E-state index in [1.54, 1.807) is 6.33 Å². The molecule has 0 aliphatic heterocycles. The van der Waals surface area contributed by atoms with Gasteiger partial charge in [-0.05, 0) is 12.1 Å². The van der Waals surface area contributed by atoms with Crippen molar-refractivity contribution in [3.63, 3.8) is 0 Å². The van der Waals surface area contributed by atoms with E-state index in [1.165, 1.54) is 0 Å². The van der Waals surface area contributed by atoms with Gasteiger partial charge in [-0.1, -0.05) is 17.7 Å². The first-order valence-electron chi connectivity index (χ1n) is 4.86. The number of aromatic nitrogens is 4. The van der Waals surface area contributed by atoms with Crippen molar-refractivity contribution in [2.45, 2.75) is 0 Å². The average Bonchev–Trinajstić information content (AvgIpc) is 2.84. The van der Waals surface area contributed by atoms with Crippen LogP contribution in [0.15, 0.2) is 30.7 Å². The summed E-state index contributed by atoms with van der Waals surface area (Å²) in [5, 5.41) is 0.649. The number of nitrogens with zero attached hydrogens (tertiary/aromatic N) is 3. The summed E-state index contributed by atoms with van der Waals surface area (Å²) in [6, 6.07) is 5.67. The fourth-order valence-corrected chi connectivity index (χ4v) is 1.87. The van der Waals surface area contributed by atoms with Crippen LogP contribution in [0, 0.1) is 0 Å². The summed E-state index contributed by atoms with van der Waals surface area (Å²) < 4.78 is 1.88. The highest BCUT2D eigenvalue weighted by Gasteiger charge is 2.09. The molecular weight excluding hydrogens is 224 g/mol. The molecule has 16 heavy (non-hydrogen) atoms. The van der Waals surface area contributed by atoms with Crippen molar-refractivity contribution >= 4 is 22.6 Å². The number of hydrogen-bond donors (Lipinski definition) is 1. The molecule has 1 aromatic carbocycles. The Labute approximate surface area is 96.9 Å². The molecule has 0 saturated heterocycles. The largest absolute Gasteiger partial charge is 0.340 e. The lowest BCUT2D eigenvalue weighted by Gasteiger charge is -1.88. The maximum Gasteiger partial charge on any atom is 0.158 e. The molecule has 3 rings (SSSR count). The summed E-state index contributed by atoms with van der Waals surface area (Å²) in [6.07, 6.45) is 3.65. The smallest absolute Gasteiger partial charge is 0.158 e. The summed E-state index contributed by atoms with van der Waals surface area (Å²) in [7, 11) is 1.92. The third kappa shape index (κ3) is 1.39. The minimum absolute atomic E-state index is 0.649. The first kappa shape index (κ1) is 9.42. The van der Waals surface area contributed by atoms with Gasteiger partial charge in [0.1, 0.15) is 11.2 Å². The Bertz CT molecular complexity index is 653. The molecule has 0 spiro atoms. The number of imidazole rings is 2. The van der Waals surface area contributed by atoms with Gasteiger partial charge < -0.3 is 9.55 Å². The Morgan fingerprint density at radius 3 is 2.94 bits per heavy atom. The van der Waals surface area contributed by atoms with E-state index in [1.807, 2.05) is 36.0 Å². The van der Waals surface area contributed by atoms with E-state index in [0.717, 1.165) is 22.6 Å². The van der Waals surface area contributed by atoms with Gasteiger partial charge in [0.25, 0.3) is 0 Å². The van der Waals surface area contributed by atoms with E-state index in [4.69, 9.17) is 11.6 Å². The van der Waals surface area contributed by atoms with Crippen LogP contribution in [0.4, 0.5) is 0 Å². The molecule has 0 radical (unpaired) electrons. The van der Waals surface area contributed by atoms with E-state index in [2.05, 4.69) is 15.0 Å². The van der Waals surface area contributed by atoms with E-state index >= 15 is 0 Å². The lowest BCUT2D eigenvalue weighted by Crippen LogP contribution is -1.80. The summed E-state index contributed by atoms with van der Waals surface area (Å²) in [5.74, 6) is 0.740. The highest BCUT2D eigenvalue weighted by Crippen LogP contribution is 2.24. The molecule has 2 aromatic heterocycles. The fraction of sp³-hybridized carbons (Fsp3) is 0.0909. The summed E-state index contributed by atoms with van der Waals surface area (Å²) in [5.41, 5.74) is 2.52. The molecule has 0 bridgehead atoms. The molecule has 0 atom stereocenters. The maximum atomic E-state index is 6.05. The van der Waals surface area contributed by atoms with Crippen molar-refractivity contribution in [1.29, 1.82) is 0 Å². The van der Waals surface area contributed by atoms with Gasteiger partial charge in [0.05, 0.1) is 16.9 Å². The molecular formula is C11H9ClN4. The molecule has 0 aliphatic carbocycles. The molecule has 0 unspecified atom stereocenters. The number of rotatable bonds is 1. The highest BCUT2D eigenvalue weighted by molar-refractivity contribution is 6.34. The van der Waals surface area contributed by atoms with Gasteiger partial charge in [0.15, 0.2) is 5.82 Å². The summed E-state index contributed by atoms with van der Waals surface area (Å²) in [6.45, 7) is 0. The molecule has 80 valence electrons. The molecule has 5 heteroatoms. The Kier molecular flexibility index (Phi) is 1.97. The second-order valence-electron chi connectivity index (χ2n) is 3.65. The maximum absolute atomic E-state index is 6.05. The highest BCUT2D eigenvalue weighted by atomic mass is 35.5. The molecule has 0 aliphatic rings. The third-order valence-corrected chi connectivity index (χ3v) is 2.72. The molecule has 3 aromatic rings. The Morgan fingerprint density at radius 2 is 2.25 bits per heavy atom. The van der Waals surface area contributed by atoms with E-state index < -0.39 is 0 Å². The lowest BCUT2D eigenvalue weighted by atomic mass is 10.3. The molecule has 4 nitrogen and oxygen atoms in total. The van der Waals surface area contributed by atoms with Gasteiger partial charge in [-0.3, -0.25) is 0 Å². The number of aryl methyl sites for hydroxylation is 1. The monoisotopic (exact) mass is 232 g/mol. The first-order chi connectivity index (χ1) is 7.74. The third-order valence-electron chi connectivity index (χ3n) is 2.41. The second kappa shape index (κ2) is 3.35. The molecule has 0 saturated carbocycles. The second-order valence-corrected chi connectivity index (χ2v) is 4.05. The Hall–Kier alpha value is -1.81. The first-order valence-corrected chi connectivity index (χ1v) is 5.24. The number of fused-ring (bicyclic) bond motifs is 1. The van der Waals surface area contributed by atoms with Crippen molar-refractivity contribution < 1.29 is 0 Å². The summed E-state index contributed by atoms with van der Waals surface area (Å²) >= 11 is 6.05. The predicted molar refractivity (Wildman–Crippen MR) is 63.3 cm³/mol. The zero-order valence-electron chi connectivity index (χ0n) is 8.61. The number of para-hydroxylation sites is 1. The van der Waals surface area contributed by atoms with E-state index in [0.29, 0.717) is 5.02 Å². The molecule has 0 fully saturated rings. The van der Waals surface area contributed by atoms with Crippen molar-refractivity contribution in [2.24, 2.45) is 7.05 Å². The minimum Gasteiger partial charge on any atom is -0.340 e. The molecule has 1 N–H and O–H groups in total. The molecule has 0 amide bonds. The lowest BCUT2D eigenvalue weighted by molar-refractivity contribution is 0.913. The van der Waals surface area contributed by atoms with Gasteiger partial charge in [-0.25, -0.2) is 9.97 Å². The van der Waals surface area contributed by atoms with Crippen molar-refractivity contribution in [1.82, 2.24) is 19.5 Å². The van der Waals surface area contributed by atoms with Crippen molar-refractivity contribution in [3.05, 3.63) is 35.7 Å². The number of H-pyrrole nitrogens is 1. The van der Waals surface area contributed by atoms with Gasteiger partial charge >= 0.3 is 0 Å². The van der Waals surface area contributed by atoms with Crippen LogP contribution in [-0.4, -0.2) is 19.5 Å². The Balaban J connectivity index is 2.22. The number of nitrogens with one attached hydrogen (secondary N) is 1. The van der Waals surface area contributed by atoms with Crippen LogP contribution in [0.3, 0.4) is 0 Å². The topological polar surface area (TPSA) is 46.5 Å². The van der Waals surface area contributed by atoms with Crippen LogP contribution < -0.4 is 0 Å². The number of halogens is 1. The number of benzene rings is 1. The fourth-order valence-electron chi connectivity index (χ4n) is 1.65. The quantitative estimate of drug-likeness (QED) is 0.701. The number of aromatic amines is 1. The summed E-state index contributed by atoms with van der Waals surface area (Å²) in [4.78, 5) is 11.9. The van der Waals surface area contributed by atoms with Gasteiger partial charge in [0, 0.05) is 13.2 Å². The van der Waals surface area contributed by atoms with Crippen LogP contribution in [0.2, 0.25) is 5.02 Å². The van der Waals surface area contributed by atoms with Crippen LogP contribution in [0.25, 0.3) is 22.6 Å². The SMILES string of the molecule is Cn1cnc(-c2nc3c(Cl)cccc3[nH]2)c1. The van der Waals surface area contributed by atoms with E-state index in [-0.39, 0.29) is 0 Å². The van der Waals surface area contributed by atoms with Crippen LogP contribution in [0.1, 0.15) is 0 Å². The van der Waals surface area contributed by atoms with Gasteiger partial charge in [-0.15, -0.1) is 0 Å². The standard InChI is InChI=1S/C11H9ClN4/c1-16-5-9(13-6-16)11-14-8-4-2-3-7(12)10(8)15-11/h2-6H,1H3,(H,14,15). The van der Waals surface area contributed by atoms with Crippen LogP contribution >= 0.6 is 11.6 Å². The average molecular weight is 233 g/mol. The molecule has 2 heterocycles. The van der Waals surface area contributed by atoms with Gasteiger partial charge in [-0.2, -0.15) is 0 Å². The Morgan fingerprint density at radius 1 is 1.38 bits per heavy atom. The van der Waals surface area contributed by atoms with Crippen LogP contribution in [0.5, 0.6) is 0 Å². The normalized spacial score (nSPS) is 11.1. The van der Waals surface area contributed by atoms with E-state index in [9.17, 15) is 0 Å².